The second-order valence-corrected chi connectivity index (χ2v) is 38.1. The predicted molar refractivity (Wildman–Crippen MR) is 587 cm³/mol. The van der Waals surface area contributed by atoms with Crippen LogP contribution in [0, 0.1) is 0 Å². The summed E-state index contributed by atoms with van der Waals surface area (Å²) >= 11 is 7.43. The Balaban J connectivity index is 0.000000119. The Morgan fingerprint density at radius 2 is 0.331 bits per heavy atom. The lowest BCUT2D eigenvalue weighted by Gasteiger charge is -2.49. The van der Waals surface area contributed by atoms with Crippen molar-refractivity contribution in [1.29, 1.82) is 0 Å². The van der Waals surface area contributed by atoms with Gasteiger partial charge in [0.25, 0.3) is 0 Å². The quantitative estimate of drug-likeness (QED) is 0.120. The zero-order chi connectivity index (χ0) is 94.6. The maximum atomic E-state index is 9.51. The van der Waals surface area contributed by atoms with Crippen molar-refractivity contribution in [3.8, 4) is 100 Å². The molecule has 22 aromatic carbocycles. The van der Waals surface area contributed by atoms with Crippen molar-refractivity contribution < 1.29 is 10.0 Å². The lowest BCUT2D eigenvalue weighted by molar-refractivity contribution is 0.426. The number of nitrogens with zero attached hydrogens (tertiary/aromatic N) is 2. The molecule has 0 fully saturated rings. The van der Waals surface area contributed by atoms with Gasteiger partial charge in [-0.25, -0.2) is 0 Å². The summed E-state index contributed by atoms with van der Waals surface area (Å²) in [5.74, 6) is 0. The molecule has 0 aliphatic heterocycles. The number of fused-ring (bicyclic) bond motifs is 32. The molecule has 22 aromatic rings. The highest BCUT2D eigenvalue weighted by Gasteiger charge is 2.62. The number of halogens is 1. The number of rotatable bonds is 12. The van der Waals surface area contributed by atoms with Gasteiger partial charge in [-0.2, -0.15) is 0 Å². The van der Waals surface area contributed by atoms with Crippen LogP contribution in [0.15, 0.2) is 546 Å². The van der Waals surface area contributed by atoms with E-state index in [4.69, 9.17) is 11.6 Å². The van der Waals surface area contributed by atoms with E-state index >= 15 is 0 Å². The molecule has 0 radical (unpaired) electrons. The van der Waals surface area contributed by atoms with Crippen LogP contribution >= 0.6 is 11.6 Å². The summed E-state index contributed by atoms with van der Waals surface area (Å²) in [5, 5.41) is 19.8. The molecule has 4 spiro atoms. The molecule has 6 aliphatic carbocycles. The van der Waals surface area contributed by atoms with Crippen LogP contribution in [0.25, 0.3) is 100 Å². The second kappa shape index (κ2) is 34.7. The van der Waals surface area contributed by atoms with E-state index in [1.807, 2.05) is 48.5 Å². The SMILES string of the molecule is Clc1cccc2c1C1(c3ccccc3-c3ccccc31)c1ccccc1C21c2ccccc2-c2ccccc21.OB(O)c1ccc(N(c2ccc(-c3ccccc3)cc2)c2ccc(-c3ccccc3)cc2)cc1.c1ccc(-c2ccc(N(c3ccc(-c4ccccc4)cc3)c3ccc(-c4cccc5c4C4(c6ccccc6-c6ccccc64)c4ccccc4C54c5ccccc5-c5ccccc54)cc3)cc2)cc1. The first-order valence-corrected chi connectivity index (χ1v) is 49.3. The summed E-state index contributed by atoms with van der Waals surface area (Å²) in [5.41, 5.74) is 48.1. The van der Waals surface area contributed by atoms with Crippen LogP contribution in [0.3, 0.4) is 0 Å². The van der Waals surface area contributed by atoms with Crippen LogP contribution in [0.5, 0.6) is 0 Å². The first-order chi connectivity index (χ1) is 70.2. The van der Waals surface area contributed by atoms with Gasteiger partial charge in [0.1, 0.15) is 0 Å². The Labute approximate surface area is 833 Å². The van der Waals surface area contributed by atoms with E-state index in [1.54, 1.807) is 12.1 Å². The van der Waals surface area contributed by atoms with Gasteiger partial charge in [-0.15, -0.1) is 0 Å². The van der Waals surface area contributed by atoms with E-state index in [9.17, 15) is 10.0 Å². The van der Waals surface area contributed by atoms with Crippen molar-refractivity contribution >= 4 is 58.3 Å². The lowest BCUT2D eigenvalue weighted by Crippen LogP contribution is -2.44. The standard InChI is InChI=1S/C68H45N.C38H23Cl.C30H24BNO2/c1-3-18-46(19-4-1)48-34-40-51(41-35-48)69(52-42-36-49(37-43-52)47-20-5-2-6-21-47)53-44-38-50(39-45-53)54-26-17-33-65-66(54)68(61-29-13-9-24-57(61)58-25-10-14-30-62(58)68)64-32-16-15-31-63(64)67(65)59-27-11-7-22-55(59)56-23-8-12-28-60(56)67;39-35-23-11-22-34-36(35)38(30-18-7-3-14-26(30)27-15-4-8-19-31(27)38)33-21-10-9-20-32(33)37(34)28-16-5-1-12-24(28)25-13-2-6-17-29(25)37;33-31(34)27-15-21-30(22-16-27)32(28-17-11-25(12-18-28)23-7-3-1-4-8-23)29-19-13-26(14-20-29)24-9-5-2-6-10-24/h1-45H;1-23H;1-22,33-34H. The Kier molecular flexibility index (Phi) is 20.8. The minimum atomic E-state index is -1.49. The van der Waals surface area contributed by atoms with E-state index in [0.29, 0.717) is 5.46 Å². The molecule has 142 heavy (non-hydrogen) atoms. The van der Waals surface area contributed by atoms with Crippen molar-refractivity contribution in [2.75, 3.05) is 9.80 Å². The third kappa shape index (κ3) is 13.1. The van der Waals surface area contributed by atoms with Crippen LogP contribution in [0.4, 0.5) is 34.1 Å². The van der Waals surface area contributed by atoms with Crippen LogP contribution < -0.4 is 15.3 Å². The van der Waals surface area contributed by atoms with Crippen molar-refractivity contribution in [1.82, 2.24) is 0 Å². The van der Waals surface area contributed by atoms with Gasteiger partial charge in [0, 0.05) is 39.1 Å². The predicted octanol–water partition coefficient (Wildman–Crippen LogP) is 32.7. The van der Waals surface area contributed by atoms with Gasteiger partial charge in [-0.3, -0.25) is 0 Å². The molecule has 0 bridgehead atoms. The summed E-state index contributed by atoms with van der Waals surface area (Å²) in [6.07, 6.45) is 0. The average Bonchev–Trinajstić information content (AvgIpc) is 1.50. The van der Waals surface area contributed by atoms with Crippen molar-refractivity contribution in [3.63, 3.8) is 0 Å². The lowest BCUT2D eigenvalue weighted by atomic mass is 9.51. The number of hydrogen-bond donors (Lipinski definition) is 2. The maximum absolute atomic E-state index is 9.51. The van der Waals surface area contributed by atoms with Crippen molar-refractivity contribution in [2.45, 2.75) is 21.7 Å². The number of hydrogen-bond acceptors (Lipinski definition) is 4. The molecule has 6 aliphatic rings. The highest BCUT2D eigenvalue weighted by molar-refractivity contribution is 6.58. The number of benzene rings is 22. The zero-order valence-electron chi connectivity index (χ0n) is 77.7. The minimum absolute atomic E-state index is 0.457. The van der Waals surface area contributed by atoms with E-state index in [-0.39, 0.29) is 0 Å². The Hall–Kier alpha value is -17.3. The summed E-state index contributed by atoms with van der Waals surface area (Å²) < 4.78 is 0. The zero-order valence-corrected chi connectivity index (χ0v) is 78.5. The highest BCUT2D eigenvalue weighted by atomic mass is 35.5. The maximum Gasteiger partial charge on any atom is 0.488 e. The highest BCUT2D eigenvalue weighted by Crippen LogP contribution is 2.71. The molecule has 0 amide bonds. The van der Waals surface area contributed by atoms with Crippen LogP contribution in [-0.2, 0) is 21.7 Å². The third-order valence-corrected chi connectivity index (χ3v) is 31.0. The topological polar surface area (TPSA) is 46.9 Å². The van der Waals surface area contributed by atoms with E-state index in [0.717, 1.165) is 50.3 Å². The molecule has 28 rings (SSSR count). The van der Waals surface area contributed by atoms with Crippen LogP contribution in [0.1, 0.15) is 89.0 Å². The second-order valence-electron chi connectivity index (χ2n) is 37.7. The van der Waals surface area contributed by atoms with E-state index in [1.165, 1.54) is 178 Å². The Morgan fingerprint density at radius 3 is 0.599 bits per heavy atom. The van der Waals surface area contributed by atoms with Gasteiger partial charge in [0.15, 0.2) is 0 Å². The molecular weight excluding hydrogens is 1740 g/mol. The summed E-state index contributed by atoms with van der Waals surface area (Å²) in [6, 6.07) is 198. The molecule has 4 nitrogen and oxygen atoms in total. The average molecular weight is 1830 g/mol. The van der Waals surface area contributed by atoms with E-state index in [2.05, 4.69) is 495 Å². The largest absolute Gasteiger partial charge is 0.488 e. The molecule has 0 saturated carbocycles. The molecular formula is C136H92BClN2O2. The first-order valence-electron chi connectivity index (χ1n) is 48.9. The normalized spacial score (nSPS) is 13.5. The van der Waals surface area contributed by atoms with E-state index < -0.39 is 28.8 Å². The fourth-order valence-electron chi connectivity index (χ4n) is 25.0. The fraction of sp³-hybridized carbons (Fsp3) is 0.0294. The molecule has 0 aromatic heterocycles. The van der Waals surface area contributed by atoms with Gasteiger partial charge in [0.2, 0.25) is 0 Å². The summed E-state index contributed by atoms with van der Waals surface area (Å²) in [6.45, 7) is 0. The van der Waals surface area contributed by atoms with Crippen LogP contribution in [-0.4, -0.2) is 17.2 Å². The van der Waals surface area contributed by atoms with Crippen LogP contribution in [0.2, 0.25) is 5.02 Å². The third-order valence-electron chi connectivity index (χ3n) is 30.7. The monoisotopic (exact) mass is 1830 g/mol. The van der Waals surface area contributed by atoms with Gasteiger partial charge in [0.05, 0.1) is 21.7 Å². The first kappa shape index (κ1) is 85.2. The smallest absolute Gasteiger partial charge is 0.423 e. The molecule has 668 valence electrons. The van der Waals surface area contributed by atoms with Gasteiger partial charge >= 0.3 is 7.12 Å². The molecule has 0 unspecified atom stereocenters. The number of anilines is 6. The molecule has 0 atom stereocenters. The minimum Gasteiger partial charge on any atom is -0.423 e. The molecule has 2 N–H and O–H groups in total. The fourth-order valence-corrected chi connectivity index (χ4v) is 25.3. The van der Waals surface area contributed by atoms with Crippen molar-refractivity contribution in [2.24, 2.45) is 0 Å². The van der Waals surface area contributed by atoms with Gasteiger partial charge < -0.3 is 19.8 Å². The summed E-state index contributed by atoms with van der Waals surface area (Å²) in [7, 11) is -1.49. The molecule has 0 heterocycles. The van der Waals surface area contributed by atoms with Gasteiger partial charge in [-0.05, 0) is 273 Å². The summed E-state index contributed by atoms with van der Waals surface area (Å²) in [4.78, 5) is 4.55. The Bertz CT molecular complexity index is 8260. The van der Waals surface area contributed by atoms with Crippen molar-refractivity contribution in [3.05, 3.63) is 640 Å². The Morgan fingerprint density at radius 1 is 0.148 bits per heavy atom. The van der Waals surface area contributed by atoms with Gasteiger partial charge in [-0.1, -0.05) is 479 Å². The molecule has 6 heteroatoms. The molecule has 0 saturated heterocycles.